The predicted molar refractivity (Wildman–Crippen MR) is 133 cm³/mol. The van der Waals surface area contributed by atoms with Gasteiger partial charge in [0.2, 0.25) is 11.8 Å². The molecule has 0 unspecified atom stereocenters. The van der Waals surface area contributed by atoms with Crippen molar-refractivity contribution in [1.82, 2.24) is 20.9 Å². The van der Waals surface area contributed by atoms with Gasteiger partial charge in [-0.05, 0) is 43.9 Å². The lowest BCUT2D eigenvalue weighted by molar-refractivity contribution is -0.133. The molecular formula is C27H34N4O4. The van der Waals surface area contributed by atoms with E-state index in [1.807, 2.05) is 31.2 Å². The molecule has 1 saturated heterocycles. The summed E-state index contributed by atoms with van der Waals surface area (Å²) < 4.78 is 5.76. The summed E-state index contributed by atoms with van der Waals surface area (Å²) in [7, 11) is 0. The standard InChI is InChI=1S/C27H34N4O4/c1-19-9-12-24-21(18-19)26(33)29-13-16-31(15-5-8-25(32)28-14-17-35-24)27(34)23-11-10-22(30-23)20-6-3-2-4-7-20/h2-4,6-7,9,12,18,22-23,30H,5,8,10-11,13-17H2,1H3,(H,28,32)(H,29,33)/t22-,23-/m1/s1. The third-order valence-corrected chi connectivity index (χ3v) is 6.52. The van der Waals surface area contributed by atoms with E-state index in [2.05, 4.69) is 28.1 Å². The Bertz CT molecular complexity index is 1040. The van der Waals surface area contributed by atoms with E-state index in [4.69, 9.17) is 4.74 Å². The number of fused-ring (bicyclic) bond motifs is 1. The number of amides is 3. The first-order valence-electron chi connectivity index (χ1n) is 12.4. The largest absolute Gasteiger partial charge is 0.491 e. The van der Waals surface area contributed by atoms with Gasteiger partial charge in [-0.15, -0.1) is 0 Å². The van der Waals surface area contributed by atoms with Crippen LogP contribution in [0.3, 0.4) is 0 Å². The fraction of sp³-hybridized carbons (Fsp3) is 0.444. The summed E-state index contributed by atoms with van der Waals surface area (Å²) in [6.07, 6.45) is 2.53. The van der Waals surface area contributed by atoms with Gasteiger partial charge < -0.3 is 20.3 Å². The minimum atomic E-state index is -0.274. The van der Waals surface area contributed by atoms with Crippen LogP contribution in [0.1, 0.15) is 53.2 Å². The van der Waals surface area contributed by atoms with Crippen LogP contribution in [0.2, 0.25) is 0 Å². The van der Waals surface area contributed by atoms with E-state index in [-0.39, 0.29) is 36.4 Å². The second-order valence-corrected chi connectivity index (χ2v) is 9.14. The summed E-state index contributed by atoms with van der Waals surface area (Å²) in [6.45, 7) is 3.70. The van der Waals surface area contributed by atoms with E-state index in [1.54, 1.807) is 17.0 Å². The van der Waals surface area contributed by atoms with Crippen LogP contribution in [0.15, 0.2) is 48.5 Å². The molecule has 2 aliphatic rings. The molecule has 2 aliphatic heterocycles. The van der Waals surface area contributed by atoms with Crippen LogP contribution in [0.4, 0.5) is 0 Å². The average Bonchev–Trinajstić information content (AvgIpc) is 3.36. The van der Waals surface area contributed by atoms with Crippen molar-refractivity contribution in [3.63, 3.8) is 0 Å². The maximum atomic E-state index is 13.4. The Kier molecular flexibility index (Phi) is 8.36. The number of nitrogens with one attached hydrogen (secondary N) is 3. The lowest BCUT2D eigenvalue weighted by Gasteiger charge is -2.26. The van der Waals surface area contributed by atoms with E-state index in [0.717, 1.165) is 18.4 Å². The van der Waals surface area contributed by atoms with E-state index >= 15 is 0 Å². The van der Waals surface area contributed by atoms with Crippen LogP contribution in [0.5, 0.6) is 5.75 Å². The molecule has 3 amide bonds. The monoisotopic (exact) mass is 478 g/mol. The van der Waals surface area contributed by atoms with Crippen molar-refractivity contribution in [3.05, 3.63) is 65.2 Å². The molecule has 35 heavy (non-hydrogen) atoms. The van der Waals surface area contributed by atoms with Crippen LogP contribution < -0.4 is 20.7 Å². The van der Waals surface area contributed by atoms with E-state index in [0.29, 0.717) is 50.3 Å². The van der Waals surface area contributed by atoms with Gasteiger partial charge in [0.15, 0.2) is 0 Å². The Balaban J connectivity index is 1.44. The van der Waals surface area contributed by atoms with Crippen molar-refractivity contribution in [2.45, 2.75) is 44.7 Å². The predicted octanol–water partition coefficient (Wildman–Crippen LogP) is 2.34. The van der Waals surface area contributed by atoms with Crippen molar-refractivity contribution in [1.29, 1.82) is 0 Å². The minimum absolute atomic E-state index is 0.0157. The van der Waals surface area contributed by atoms with Gasteiger partial charge in [-0.3, -0.25) is 19.7 Å². The molecule has 0 aromatic heterocycles. The molecular weight excluding hydrogens is 444 g/mol. The molecule has 2 aromatic carbocycles. The van der Waals surface area contributed by atoms with Crippen molar-refractivity contribution in [2.75, 3.05) is 32.8 Å². The average molecular weight is 479 g/mol. The molecule has 0 saturated carbocycles. The molecule has 1 fully saturated rings. The van der Waals surface area contributed by atoms with E-state index < -0.39 is 0 Å². The number of carbonyl (C=O) groups is 3. The maximum Gasteiger partial charge on any atom is 0.255 e. The highest BCUT2D eigenvalue weighted by molar-refractivity contribution is 5.97. The highest BCUT2D eigenvalue weighted by Gasteiger charge is 2.32. The Morgan fingerprint density at radius 3 is 2.66 bits per heavy atom. The van der Waals surface area contributed by atoms with Gasteiger partial charge in [0.1, 0.15) is 12.4 Å². The fourth-order valence-electron chi connectivity index (χ4n) is 4.66. The SMILES string of the molecule is Cc1ccc2c(c1)C(=O)NCCN(C(=O)[C@H]1CC[C@H](c3ccccc3)N1)CCCC(=O)NCCO2. The normalized spacial score (nSPS) is 22.1. The molecule has 2 heterocycles. The van der Waals surface area contributed by atoms with E-state index in [9.17, 15) is 14.4 Å². The lowest BCUT2D eigenvalue weighted by atomic mass is 10.1. The zero-order valence-electron chi connectivity index (χ0n) is 20.2. The Morgan fingerprint density at radius 1 is 1.00 bits per heavy atom. The van der Waals surface area contributed by atoms with Crippen molar-refractivity contribution in [2.24, 2.45) is 0 Å². The number of ether oxygens (including phenoxy) is 1. The van der Waals surface area contributed by atoms with Gasteiger partial charge in [0.25, 0.3) is 5.91 Å². The number of nitrogens with zero attached hydrogens (tertiary/aromatic N) is 1. The molecule has 186 valence electrons. The smallest absolute Gasteiger partial charge is 0.255 e. The first-order chi connectivity index (χ1) is 17.0. The zero-order valence-corrected chi connectivity index (χ0v) is 20.2. The van der Waals surface area contributed by atoms with Crippen LogP contribution >= 0.6 is 0 Å². The Labute approximate surface area is 206 Å². The highest BCUT2D eigenvalue weighted by atomic mass is 16.5. The summed E-state index contributed by atoms with van der Waals surface area (Å²) in [5.41, 5.74) is 2.58. The molecule has 0 radical (unpaired) electrons. The number of hydrogen-bond donors (Lipinski definition) is 3. The number of rotatable bonds is 2. The molecule has 0 bridgehead atoms. The number of hydrogen-bond acceptors (Lipinski definition) is 5. The summed E-state index contributed by atoms with van der Waals surface area (Å²) in [5, 5.41) is 9.27. The second-order valence-electron chi connectivity index (χ2n) is 9.14. The summed E-state index contributed by atoms with van der Waals surface area (Å²) >= 11 is 0. The molecule has 2 atom stereocenters. The molecule has 8 heteroatoms. The zero-order chi connectivity index (χ0) is 24.6. The van der Waals surface area contributed by atoms with Gasteiger partial charge in [0.05, 0.1) is 18.2 Å². The molecule has 0 spiro atoms. The van der Waals surface area contributed by atoms with Crippen LogP contribution in [0.25, 0.3) is 0 Å². The first kappa shape index (κ1) is 24.7. The number of aryl methyl sites for hydroxylation is 1. The van der Waals surface area contributed by atoms with Gasteiger partial charge >= 0.3 is 0 Å². The van der Waals surface area contributed by atoms with Crippen molar-refractivity contribution < 1.29 is 19.1 Å². The van der Waals surface area contributed by atoms with E-state index in [1.165, 1.54) is 5.56 Å². The van der Waals surface area contributed by atoms with Crippen LogP contribution in [-0.2, 0) is 9.59 Å². The summed E-state index contributed by atoms with van der Waals surface area (Å²) in [6, 6.07) is 15.5. The molecule has 2 aromatic rings. The molecule has 0 aliphatic carbocycles. The third-order valence-electron chi connectivity index (χ3n) is 6.52. The summed E-state index contributed by atoms with van der Waals surface area (Å²) in [4.78, 5) is 40.3. The first-order valence-corrected chi connectivity index (χ1v) is 12.4. The summed E-state index contributed by atoms with van der Waals surface area (Å²) in [5.74, 6) is 0.185. The Hall–Kier alpha value is -3.39. The third kappa shape index (κ3) is 6.60. The van der Waals surface area contributed by atoms with Gasteiger partial charge in [0, 0.05) is 32.1 Å². The number of carbonyl (C=O) groups excluding carboxylic acids is 3. The number of benzene rings is 2. The van der Waals surface area contributed by atoms with Crippen LogP contribution in [-0.4, -0.2) is 61.4 Å². The maximum absolute atomic E-state index is 13.4. The molecule has 8 nitrogen and oxygen atoms in total. The van der Waals surface area contributed by atoms with Crippen molar-refractivity contribution >= 4 is 17.7 Å². The lowest BCUT2D eigenvalue weighted by Crippen LogP contribution is -2.47. The highest BCUT2D eigenvalue weighted by Crippen LogP contribution is 2.27. The Morgan fingerprint density at radius 2 is 1.83 bits per heavy atom. The topological polar surface area (TPSA) is 99.8 Å². The van der Waals surface area contributed by atoms with Gasteiger partial charge in [-0.1, -0.05) is 42.0 Å². The molecule has 3 N–H and O–H groups in total. The van der Waals surface area contributed by atoms with Crippen molar-refractivity contribution in [3.8, 4) is 5.75 Å². The molecule has 4 rings (SSSR count). The van der Waals surface area contributed by atoms with Crippen LogP contribution in [0, 0.1) is 6.92 Å². The van der Waals surface area contributed by atoms with Gasteiger partial charge in [-0.2, -0.15) is 0 Å². The van der Waals surface area contributed by atoms with Gasteiger partial charge in [-0.25, -0.2) is 0 Å². The second kappa shape index (κ2) is 11.8. The quantitative estimate of drug-likeness (QED) is 0.615. The fourth-order valence-corrected chi connectivity index (χ4v) is 4.66. The minimum Gasteiger partial charge on any atom is -0.491 e.